The minimum atomic E-state index is -0.267. The van der Waals surface area contributed by atoms with Gasteiger partial charge in [0.1, 0.15) is 5.75 Å². The number of nitrogens with zero attached hydrogens (tertiary/aromatic N) is 1. The molecule has 2 amide bonds. The van der Waals surface area contributed by atoms with Crippen molar-refractivity contribution in [3.8, 4) is 5.75 Å². The van der Waals surface area contributed by atoms with E-state index >= 15 is 0 Å². The molecule has 136 valence electrons. The number of ether oxygens (including phenoxy) is 1. The Kier molecular flexibility index (Phi) is 5.89. The van der Waals surface area contributed by atoms with Crippen LogP contribution in [0.3, 0.4) is 0 Å². The molecule has 0 saturated carbocycles. The van der Waals surface area contributed by atoms with Gasteiger partial charge in [-0.1, -0.05) is 42.5 Å². The molecule has 1 heterocycles. The minimum absolute atomic E-state index is 0.0488. The van der Waals surface area contributed by atoms with E-state index in [1.807, 2.05) is 54.6 Å². The van der Waals surface area contributed by atoms with Gasteiger partial charge in [-0.15, -0.1) is 0 Å². The van der Waals surface area contributed by atoms with Crippen molar-refractivity contribution in [3.63, 3.8) is 0 Å². The Bertz CT molecular complexity index is 761. The van der Waals surface area contributed by atoms with Crippen LogP contribution in [0.1, 0.15) is 17.5 Å². The van der Waals surface area contributed by atoms with Crippen molar-refractivity contribution >= 4 is 11.8 Å². The first-order valence-corrected chi connectivity index (χ1v) is 8.88. The van der Waals surface area contributed by atoms with Crippen LogP contribution < -0.4 is 10.1 Å². The van der Waals surface area contributed by atoms with E-state index in [2.05, 4.69) is 5.32 Å². The van der Waals surface area contributed by atoms with Crippen LogP contribution in [-0.4, -0.2) is 36.9 Å². The number of amides is 2. The number of carbonyl (C=O) groups excluding carboxylic acids is 2. The highest BCUT2D eigenvalue weighted by atomic mass is 16.5. The van der Waals surface area contributed by atoms with Gasteiger partial charge in [0.25, 0.3) is 0 Å². The molecule has 1 unspecified atom stereocenters. The molecule has 0 spiro atoms. The molecule has 1 atom stereocenters. The third kappa shape index (κ3) is 4.63. The molecule has 1 fully saturated rings. The fraction of sp³-hybridized carbons (Fsp3) is 0.333. The molecule has 2 aromatic rings. The fourth-order valence-electron chi connectivity index (χ4n) is 3.19. The second-order valence-electron chi connectivity index (χ2n) is 6.55. The zero-order chi connectivity index (χ0) is 18.4. The quantitative estimate of drug-likeness (QED) is 0.832. The summed E-state index contributed by atoms with van der Waals surface area (Å²) in [5.41, 5.74) is 2.18. The highest BCUT2D eigenvalue weighted by Crippen LogP contribution is 2.20. The topological polar surface area (TPSA) is 58.6 Å². The smallest absolute Gasteiger partial charge is 0.225 e. The number of hydrogen-bond acceptors (Lipinski definition) is 3. The van der Waals surface area contributed by atoms with Crippen LogP contribution in [0.5, 0.6) is 5.75 Å². The predicted octanol–water partition coefficient (Wildman–Crippen LogP) is 2.40. The van der Waals surface area contributed by atoms with Gasteiger partial charge >= 0.3 is 0 Å². The maximum Gasteiger partial charge on any atom is 0.225 e. The maximum atomic E-state index is 12.4. The zero-order valence-corrected chi connectivity index (χ0v) is 15.0. The molecular weight excluding hydrogens is 328 g/mol. The number of likely N-dealkylation sites (tertiary alicyclic amines) is 1. The molecule has 1 saturated heterocycles. The largest absolute Gasteiger partial charge is 0.497 e. The van der Waals surface area contributed by atoms with E-state index in [1.54, 1.807) is 12.0 Å². The summed E-state index contributed by atoms with van der Waals surface area (Å²) in [6.07, 6.45) is 1.04. The lowest BCUT2D eigenvalue weighted by Crippen LogP contribution is -2.33. The fourth-order valence-corrected chi connectivity index (χ4v) is 3.19. The van der Waals surface area contributed by atoms with Gasteiger partial charge in [0.05, 0.1) is 13.0 Å². The number of nitrogens with one attached hydrogen (secondary N) is 1. The second-order valence-corrected chi connectivity index (χ2v) is 6.55. The average molecular weight is 352 g/mol. The van der Waals surface area contributed by atoms with Crippen LogP contribution in [0.25, 0.3) is 0 Å². The van der Waals surface area contributed by atoms with E-state index < -0.39 is 0 Å². The Morgan fingerprint density at radius 1 is 1.15 bits per heavy atom. The summed E-state index contributed by atoms with van der Waals surface area (Å²) in [4.78, 5) is 26.4. The van der Waals surface area contributed by atoms with Crippen molar-refractivity contribution in [3.05, 3.63) is 65.7 Å². The van der Waals surface area contributed by atoms with Crippen LogP contribution >= 0.6 is 0 Å². The predicted molar refractivity (Wildman–Crippen MR) is 99.7 cm³/mol. The van der Waals surface area contributed by atoms with Crippen molar-refractivity contribution < 1.29 is 14.3 Å². The molecule has 2 aromatic carbocycles. The van der Waals surface area contributed by atoms with Gasteiger partial charge in [-0.05, 0) is 29.7 Å². The number of carbonyl (C=O) groups is 2. The lowest BCUT2D eigenvalue weighted by Gasteiger charge is -2.17. The van der Waals surface area contributed by atoms with Crippen LogP contribution in [0.15, 0.2) is 54.6 Å². The van der Waals surface area contributed by atoms with Crippen molar-refractivity contribution in [2.45, 2.75) is 19.4 Å². The molecule has 5 nitrogen and oxygen atoms in total. The van der Waals surface area contributed by atoms with Crippen LogP contribution in [0.4, 0.5) is 0 Å². The summed E-state index contributed by atoms with van der Waals surface area (Å²) in [6.45, 7) is 1.60. The standard InChI is InChI=1S/C21H24N2O3/c1-26-19-9-5-8-16(12-19)10-11-23-15-18(13-20(23)24)21(25)22-14-17-6-3-2-4-7-17/h2-9,12,18H,10-11,13-15H2,1H3,(H,22,25). The first-order chi connectivity index (χ1) is 12.7. The summed E-state index contributed by atoms with van der Waals surface area (Å²) in [5.74, 6) is 0.545. The highest BCUT2D eigenvalue weighted by molar-refractivity contribution is 5.89. The number of benzene rings is 2. The Hall–Kier alpha value is -2.82. The van der Waals surface area contributed by atoms with Crippen LogP contribution in [0, 0.1) is 5.92 Å². The van der Waals surface area contributed by atoms with Gasteiger partial charge in [0, 0.05) is 26.1 Å². The average Bonchev–Trinajstić information content (AvgIpc) is 3.06. The highest BCUT2D eigenvalue weighted by Gasteiger charge is 2.33. The summed E-state index contributed by atoms with van der Waals surface area (Å²) in [5, 5.41) is 2.94. The second kappa shape index (κ2) is 8.52. The van der Waals surface area contributed by atoms with E-state index in [1.165, 1.54) is 0 Å². The first-order valence-electron chi connectivity index (χ1n) is 8.88. The lowest BCUT2D eigenvalue weighted by molar-refractivity contribution is -0.129. The summed E-state index contributed by atoms with van der Waals surface area (Å²) in [7, 11) is 1.64. The summed E-state index contributed by atoms with van der Waals surface area (Å²) < 4.78 is 5.23. The van der Waals surface area contributed by atoms with Gasteiger partial charge in [-0.2, -0.15) is 0 Å². The molecule has 1 aliphatic heterocycles. The van der Waals surface area contributed by atoms with E-state index in [4.69, 9.17) is 4.74 Å². The maximum absolute atomic E-state index is 12.4. The normalized spacial score (nSPS) is 16.6. The summed E-state index contributed by atoms with van der Waals surface area (Å²) in [6, 6.07) is 17.6. The molecule has 5 heteroatoms. The van der Waals surface area contributed by atoms with E-state index in [0.29, 0.717) is 26.1 Å². The van der Waals surface area contributed by atoms with Crippen molar-refractivity contribution in [2.75, 3.05) is 20.2 Å². The molecule has 1 N–H and O–H groups in total. The van der Waals surface area contributed by atoms with E-state index in [-0.39, 0.29) is 17.7 Å². The number of hydrogen-bond donors (Lipinski definition) is 1. The van der Waals surface area contributed by atoms with Crippen molar-refractivity contribution in [1.29, 1.82) is 0 Å². The SMILES string of the molecule is COc1cccc(CCN2CC(C(=O)NCc3ccccc3)CC2=O)c1. The molecule has 0 radical (unpaired) electrons. The third-order valence-electron chi connectivity index (χ3n) is 4.70. The molecule has 0 bridgehead atoms. The minimum Gasteiger partial charge on any atom is -0.497 e. The zero-order valence-electron chi connectivity index (χ0n) is 15.0. The Balaban J connectivity index is 1.49. The van der Waals surface area contributed by atoms with E-state index in [0.717, 1.165) is 23.3 Å². The molecule has 0 aliphatic carbocycles. The molecule has 26 heavy (non-hydrogen) atoms. The Morgan fingerprint density at radius 2 is 1.92 bits per heavy atom. The Morgan fingerprint density at radius 3 is 2.69 bits per heavy atom. The lowest BCUT2D eigenvalue weighted by atomic mass is 10.1. The van der Waals surface area contributed by atoms with Crippen LogP contribution in [-0.2, 0) is 22.6 Å². The van der Waals surface area contributed by atoms with Gasteiger partial charge in [0.15, 0.2) is 0 Å². The van der Waals surface area contributed by atoms with Crippen molar-refractivity contribution in [2.24, 2.45) is 5.92 Å². The molecule has 1 aliphatic rings. The molecular formula is C21H24N2O3. The molecule has 0 aromatic heterocycles. The van der Waals surface area contributed by atoms with E-state index in [9.17, 15) is 9.59 Å². The Labute approximate surface area is 154 Å². The van der Waals surface area contributed by atoms with Gasteiger partial charge in [-0.25, -0.2) is 0 Å². The van der Waals surface area contributed by atoms with Crippen molar-refractivity contribution in [1.82, 2.24) is 10.2 Å². The summed E-state index contributed by atoms with van der Waals surface area (Å²) >= 11 is 0. The molecule has 3 rings (SSSR count). The first kappa shape index (κ1) is 18.0. The van der Waals surface area contributed by atoms with Crippen LogP contribution in [0.2, 0.25) is 0 Å². The van der Waals surface area contributed by atoms with Gasteiger partial charge in [0.2, 0.25) is 11.8 Å². The number of methoxy groups -OCH3 is 1. The monoisotopic (exact) mass is 352 g/mol. The third-order valence-corrected chi connectivity index (χ3v) is 4.70. The van der Waals surface area contributed by atoms with Gasteiger partial charge in [-0.3, -0.25) is 9.59 Å². The number of rotatable bonds is 7. The van der Waals surface area contributed by atoms with Gasteiger partial charge < -0.3 is 15.0 Å².